The van der Waals surface area contributed by atoms with Crippen LogP contribution in [0.15, 0.2) is 23.2 Å². The lowest BCUT2D eigenvalue weighted by Crippen LogP contribution is -2.41. The Labute approximate surface area is 171 Å². The number of hydrogen-bond donors (Lipinski definition) is 2. The van der Waals surface area contributed by atoms with Gasteiger partial charge in [-0.15, -0.1) is 0 Å². The molecule has 0 bridgehead atoms. The molecule has 0 aromatic heterocycles. The third-order valence-electron chi connectivity index (χ3n) is 4.82. The molecule has 1 rings (SSSR count). The zero-order valence-electron chi connectivity index (χ0n) is 18.8. The number of ether oxygens (including phenoxy) is 2. The predicted molar refractivity (Wildman–Crippen MR) is 119 cm³/mol. The number of benzene rings is 1. The van der Waals surface area contributed by atoms with Crippen molar-refractivity contribution in [2.45, 2.75) is 59.0 Å². The van der Waals surface area contributed by atoms with Crippen molar-refractivity contribution in [2.75, 3.05) is 40.9 Å². The number of aliphatic imine (C=N–C) groups is 1. The maximum Gasteiger partial charge on any atom is 0.190 e. The first-order valence-electron chi connectivity index (χ1n) is 10.3. The minimum atomic E-state index is 0.578. The van der Waals surface area contributed by atoms with Gasteiger partial charge in [0.1, 0.15) is 0 Å². The monoisotopic (exact) mass is 392 g/mol. The van der Waals surface area contributed by atoms with Gasteiger partial charge in [0.2, 0.25) is 0 Å². The van der Waals surface area contributed by atoms with E-state index in [2.05, 4.69) is 54.3 Å². The van der Waals surface area contributed by atoms with Gasteiger partial charge in [0.15, 0.2) is 17.5 Å². The van der Waals surface area contributed by atoms with Crippen molar-refractivity contribution in [3.63, 3.8) is 0 Å². The van der Waals surface area contributed by atoms with Crippen LogP contribution in [0.4, 0.5) is 0 Å². The molecule has 0 atom stereocenters. The molecule has 0 spiro atoms. The van der Waals surface area contributed by atoms with Crippen LogP contribution in [0.3, 0.4) is 0 Å². The van der Waals surface area contributed by atoms with E-state index >= 15 is 0 Å². The van der Waals surface area contributed by atoms with Crippen LogP contribution in [0.1, 0.15) is 46.1 Å². The molecule has 0 saturated carbocycles. The Bertz CT molecular complexity index is 580. The Hall–Kier alpha value is -1.95. The van der Waals surface area contributed by atoms with Crippen LogP contribution in [0.2, 0.25) is 0 Å². The fourth-order valence-corrected chi connectivity index (χ4v) is 3.34. The highest BCUT2D eigenvalue weighted by molar-refractivity contribution is 5.79. The average Bonchev–Trinajstić information content (AvgIpc) is 2.68. The zero-order chi connectivity index (χ0) is 20.9. The SMILES string of the molecule is CN=C(NCCCc1ccc(OC)c(OC)c1)NCCCN(C(C)C)C(C)C. The Morgan fingerprint density at radius 2 is 1.57 bits per heavy atom. The predicted octanol–water partition coefficient (Wildman–Crippen LogP) is 3.31. The first-order chi connectivity index (χ1) is 13.4. The highest BCUT2D eigenvalue weighted by Gasteiger charge is 2.12. The summed E-state index contributed by atoms with van der Waals surface area (Å²) in [4.78, 5) is 6.83. The molecule has 0 aliphatic rings. The van der Waals surface area contributed by atoms with Gasteiger partial charge in [0, 0.05) is 38.8 Å². The minimum Gasteiger partial charge on any atom is -0.493 e. The Morgan fingerprint density at radius 3 is 2.11 bits per heavy atom. The highest BCUT2D eigenvalue weighted by atomic mass is 16.5. The maximum absolute atomic E-state index is 5.37. The molecular weight excluding hydrogens is 352 g/mol. The number of methoxy groups -OCH3 is 2. The second-order valence-corrected chi connectivity index (χ2v) is 7.50. The topological polar surface area (TPSA) is 58.1 Å². The third-order valence-corrected chi connectivity index (χ3v) is 4.82. The van der Waals surface area contributed by atoms with E-state index in [1.165, 1.54) is 5.56 Å². The molecule has 0 amide bonds. The van der Waals surface area contributed by atoms with Gasteiger partial charge in [-0.05, 0) is 64.7 Å². The van der Waals surface area contributed by atoms with Crippen LogP contribution in [0.5, 0.6) is 11.5 Å². The second kappa shape index (κ2) is 13.3. The van der Waals surface area contributed by atoms with E-state index in [4.69, 9.17) is 9.47 Å². The van der Waals surface area contributed by atoms with Crippen LogP contribution in [0, 0.1) is 0 Å². The zero-order valence-corrected chi connectivity index (χ0v) is 18.8. The van der Waals surface area contributed by atoms with Crippen molar-refractivity contribution in [1.29, 1.82) is 0 Å². The lowest BCUT2D eigenvalue weighted by atomic mass is 10.1. The van der Waals surface area contributed by atoms with Gasteiger partial charge < -0.3 is 20.1 Å². The molecule has 2 N–H and O–H groups in total. The maximum atomic E-state index is 5.37. The molecule has 6 heteroatoms. The fraction of sp³-hybridized carbons (Fsp3) is 0.682. The van der Waals surface area contributed by atoms with Gasteiger partial charge in [0.05, 0.1) is 14.2 Å². The van der Waals surface area contributed by atoms with E-state index < -0.39 is 0 Å². The lowest BCUT2D eigenvalue weighted by Gasteiger charge is -2.30. The summed E-state index contributed by atoms with van der Waals surface area (Å²) in [7, 11) is 5.14. The Kier molecular flexibility index (Phi) is 11.4. The smallest absolute Gasteiger partial charge is 0.190 e. The Morgan fingerprint density at radius 1 is 0.964 bits per heavy atom. The van der Waals surface area contributed by atoms with Gasteiger partial charge >= 0.3 is 0 Å². The van der Waals surface area contributed by atoms with Crippen LogP contribution < -0.4 is 20.1 Å². The van der Waals surface area contributed by atoms with E-state index in [1.807, 2.05) is 19.2 Å². The molecule has 0 fully saturated rings. The molecule has 0 heterocycles. The molecule has 0 radical (unpaired) electrons. The summed E-state index contributed by atoms with van der Waals surface area (Å²) in [6.45, 7) is 11.9. The molecule has 6 nitrogen and oxygen atoms in total. The van der Waals surface area contributed by atoms with E-state index in [9.17, 15) is 0 Å². The van der Waals surface area contributed by atoms with Crippen molar-refractivity contribution in [2.24, 2.45) is 4.99 Å². The van der Waals surface area contributed by atoms with Crippen LogP contribution in [0.25, 0.3) is 0 Å². The fourth-order valence-electron chi connectivity index (χ4n) is 3.34. The summed E-state index contributed by atoms with van der Waals surface area (Å²) < 4.78 is 10.7. The molecule has 1 aromatic carbocycles. The van der Waals surface area contributed by atoms with Gasteiger partial charge in [-0.1, -0.05) is 6.07 Å². The quantitative estimate of drug-likeness (QED) is 0.325. The normalized spacial score (nSPS) is 12.0. The number of guanidine groups is 1. The molecule has 0 aliphatic heterocycles. The first-order valence-corrected chi connectivity index (χ1v) is 10.3. The average molecular weight is 393 g/mol. The summed E-state index contributed by atoms with van der Waals surface area (Å²) in [5.41, 5.74) is 1.24. The van der Waals surface area contributed by atoms with E-state index in [0.29, 0.717) is 12.1 Å². The summed E-state index contributed by atoms with van der Waals surface area (Å²) in [5.74, 6) is 2.41. The standard InChI is InChI=1S/C22H40N4O2/c1-17(2)26(18(3)4)15-9-14-25-22(23-5)24-13-8-10-19-11-12-20(27-6)21(16-19)28-7/h11-12,16-18H,8-10,13-15H2,1-7H3,(H2,23,24,25). The van der Waals surface area contributed by atoms with Crippen LogP contribution >= 0.6 is 0 Å². The molecule has 28 heavy (non-hydrogen) atoms. The summed E-state index contributed by atoms with van der Waals surface area (Å²) >= 11 is 0. The summed E-state index contributed by atoms with van der Waals surface area (Å²) in [6.07, 6.45) is 3.09. The molecule has 1 aromatic rings. The molecule has 0 aliphatic carbocycles. The van der Waals surface area contributed by atoms with E-state index in [0.717, 1.165) is 56.4 Å². The van der Waals surface area contributed by atoms with Gasteiger partial charge in [-0.2, -0.15) is 0 Å². The molecular formula is C22H40N4O2. The van der Waals surface area contributed by atoms with Crippen LogP contribution in [-0.2, 0) is 6.42 Å². The van der Waals surface area contributed by atoms with E-state index in [-0.39, 0.29) is 0 Å². The first kappa shape index (κ1) is 24.1. The molecule has 0 unspecified atom stereocenters. The van der Waals surface area contributed by atoms with Crippen LogP contribution in [-0.4, -0.2) is 63.8 Å². The number of nitrogens with one attached hydrogen (secondary N) is 2. The number of rotatable bonds is 12. The summed E-state index contributed by atoms with van der Waals surface area (Å²) in [5, 5.41) is 6.80. The third kappa shape index (κ3) is 8.38. The van der Waals surface area contributed by atoms with E-state index in [1.54, 1.807) is 14.2 Å². The molecule has 0 saturated heterocycles. The van der Waals surface area contributed by atoms with Gasteiger partial charge in [-0.3, -0.25) is 9.89 Å². The van der Waals surface area contributed by atoms with Crippen molar-refractivity contribution >= 4 is 5.96 Å². The lowest BCUT2D eigenvalue weighted by molar-refractivity contribution is 0.173. The molecule has 160 valence electrons. The number of aryl methyl sites for hydroxylation is 1. The number of nitrogens with zero attached hydrogens (tertiary/aromatic N) is 2. The van der Waals surface area contributed by atoms with Crippen molar-refractivity contribution < 1.29 is 9.47 Å². The van der Waals surface area contributed by atoms with Crippen molar-refractivity contribution in [3.05, 3.63) is 23.8 Å². The largest absolute Gasteiger partial charge is 0.493 e. The number of hydrogen-bond acceptors (Lipinski definition) is 4. The van der Waals surface area contributed by atoms with Crippen molar-refractivity contribution in [3.8, 4) is 11.5 Å². The Balaban J connectivity index is 2.30. The van der Waals surface area contributed by atoms with Crippen molar-refractivity contribution in [1.82, 2.24) is 15.5 Å². The highest BCUT2D eigenvalue weighted by Crippen LogP contribution is 2.27. The van der Waals surface area contributed by atoms with Gasteiger partial charge in [-0.25, -0.2) is 0 Å². The summed E-state index contributed by atoms with van der Waals surface area (Å²) in [6, 6.07) is 7.24. The second-order valence-electron chi connectivity index (χ2n) is 7.50. The minimum absolute atomic E-state index is 0.578. The van der Waals surface area contributed by atoms with Gasteiger partial charge in [0.25, 0.3) is 0 Å².